The molecular formula is C35H44N10O4. The Labute approximate surface area is 286 Å². The average Bonchev–Trinajstić information content (AvgIpc) is 3.88. The summed E-state index contributed by atoms with van der Waals surface area (Å²) in [6, 6.07) is 12.5. The van der Waals surface area contributed by atoms with Gasteiger partial charge in [0.1, 0.15) is 23.9 Å². The van der Waals surface area contributed by atoms with E-state index in [2.05, 4.69) is 52.7 Å². The highest BCUT2D eigenvalue weighted by Gasteiger charge is 2.27. The Morgan fingerprint density at radius 2 is 1.73 bits per heavy atom. The van der Waals surface area contributed by atoms with Crippen molar-refractivity contribution in [2.45, 2.75) is 51.3 Å². The van der Waals surface area contributed by atoms with E-state index in [0.717, 1.165) is 106 Å². The van der Waals surface area contributed by atoms with Crippen molar-refractivity contribution in [3.8, 4) is 22.6 Å². The summed E-state index contributed by atoms with van der Waals surface area (Å²) in [5.41, 5.74) is 4.11. The standard InChI is InChI=1S/C35H44N10O4/c1-25(23-45-24-38-40-41-45)49-32-19-26(5-7-30(32)34(46)44-11-3-4-12-44)27-21-36-35(37-22-27)39-31-8-6-29(20-33(31)47-2)42-13-9-28(10-14-42)43-15-17-48-18-16-43/h5-8,19-22,24-25,28H,3-4,9-18,23H2,1-2H3,(H,36,37,39)/t25-/m0/s1. The molecule has 3 fully saturated rings. The topological polar surface area (TPSA) is 136 Å². The highest BCUT2D eigenvalue weighted by atomic mass is 16.5. The number of tetrazole rings is 1. The van der Waals surface area contributed by atoms with Crippen LogP contribution in [0.1, 0.15) is 43.0 Å². The number of anilines is 3. The summed E-state index contributed by atoms with van der Waals surface area (Å²) >= 11 is 0. The van der Waals surface area contributed by atoms with Gasteiger partial charge in [-0.25, -0.2) is 14.6 Å². The van der Waals surface area contributed by atoms with Gasteiger partial charge in [0, 0.05) is 75.0 Å². The Bertz CT molecular complexity index is 1680. The van der Waals surface area contributed by atoms with Crippen molar-refractivity contribution in [2.75, 3.05) is 69.8 Å². The number of carbonyl (C=O) groups excluding carboxylic acids is 1. The van der Waals surface area contributed by atoms with E-state index in [1.165, 1.54) is 0 Å². The number of nitrogens with zero attached hydrogens (tertiary/aromatic N) is 9. The van der Waals surface area contributed by atoms with Crippen molar-refractivity contribution >= 4 is 23.2 Å². The smallest absolute Gasteiger partial charge is 0.257 e. The SMILES string of the molecule is COc1cc(N2CCC(N3CCOCC3)CC2)ccc1Nc1ncc(-c2ccc(C(=O)N3CCCC3)c(O[C@@H](C)Cn3cnnn3)c2)cn1. The van der Waals surface area contributed by atoms with Crippen molar-refractivity contribution in [3.63, 3.8) is 0 Å². The predicted molar refractivity (Wildman–Crippen MR) is 184 cm³/mol. The van der Waals surface area contributed by atoms with E-state index < -0.39 is 0 Å². The number of morpholine rings is 1. The lowest BCUT2D eigenvalue weighted by Crippen LogP contribution is -2.49. The quantitative estimate of drug-likeness (QED) is 0.248. The lowest BCUT2D eigenvalue weighted by molar-refractivity contribution is 0.0115. The van der Waals surface area contributed by atoms with Gasteiger partial charge >= 0.3 is 0 Å². The second-order valence-electron chi connectivity index (χ2n) is 12.8. The summed E-state index contributed by atoms with van der Waals surface area (Å²) in [6.45, 7) is 9.65. The number of hydrogen-bond acceptors (Lipinski definition) is 12. The molecule has 1 N–H and O–H groups in total. The predicted octanol–water partition coefficient (Wildman–Crippen LogP) is 3.89. The number of ether oxygens (including phenoxy) is 3. The molecule has 0 unspecified atom stereocenters. The molecule has 3 aliphatic rings. The zero-order chi connectivity index (χ0) is 33.6. The van der Waals surface area contributed by atoms with Crippen LogP contribution in [0.5, 0.6) is 11.5 Å². The van der Waals surface area contributed by atoms with Crippen LogP contribution in [0.15, 0.2) is 55.1 Å². The molecule has 5 heterocycles. The third-order valence-corrected chi connectivity index (χ3v) is 9.58. The first-order valence-electron chi connectivity index (χ1n) is 17.2. The van der Waals surface area contributed by atoms with E-state index in [0.29, 0.717) is 29.8 Å². The molecule has 2 aromatic carbocycles. The van der Waals surface area contributed by atoms with Crippen LogP contribution in [0, 0.1) is 0 Å². The van der Waals surface area contributed by atoms with Crippen LogP contribution in [-0.4, -0.2) is 118 Å². The molecule has 1 amide bonds. The molecule has 0 aliphatic carbocycles. The number of amides is 1. The lowest BCUT2D eigenvalue weighted by atomic mass is 10.0. The Balaban J connectivity index is 1.03. The average molecular weight is 669 g/mol. The molecule has 0 bridgehead atoms. The number of methoxy groups -OCH3 is 1. The van der Waals surface area contributed by atoms with Crippen molar-refractivity contribution in [3.05, 3.63) is 60.7 Å². The minimum absolute atomic E-state index is 0.0260. The Hall–Kier alpha value is -4.82. The molecule has 0 saturated carbocycles. The Morgan fingerprint density at radius 3 is 2.45 bits per heavy atom. The van der Waals surface area contributed by atoms with Gasteiger partial charge in [0.2, 0.25) is 5.95 Å². The molecule has 14 heteroatoms. The first-order valence-corrected chi connectivity index (χ1v) is 17.2. The molecule has 258 valence electrons. The second-order valence-corrected chi connectivity index (χ2v) is 12.8. The van der Waals surface area contributed by atoms with Crippen LogP contribution in [0.4, 0.5) is 17.3 Å². The summed E-state index contributed by atoms with van der Waals surface area (Å²) in [7, 11) is 1.68. The number of rotatable bonds is 11. The third kappa shape index (κ3) is 7.75. The molecule has 4 aromatic rings. The maximum Gasteiger partial charge on any atom is 0.257 e. The Morgan fingerprint density at radius 1 is 0.959 bits per heavy atom. The van der Waals surface area contributed by atoms with E-state index in [9.17, 15) is 4.79 Å². The molecule has 0 radical (unpaired) electrons. The molecule has 3 saturated heterocycles. The summed E-state index contributed by atoms with van der Waals surface area (Å²) in [4.78, 5) is 29.5. The fourth-order valence-electron chi connectivity index (χ4n) is 6.92. The summed E-state index contributed by atoms with van der Waals surface area (Å²) in [5, 5.41) is 14.7. The normalized spacial score (nSPS) is 18.0. The molecule has 14 nitrogen and oxygen atoms in total. The van der Waals surface area contributed by atoms with E-state index in [1.54, 1.807) is 30.5 Å². The number of likely N-dealkylation sites (tertiary alicyclic amines) is 1. The summed E-state index contributed by atoms with van der Waals surface area (Å²) in [5.74, 6) is 1.67. The second kappa shape index (κ2) is 15.2. The number of nitrogens with one attached hydrogen (secondary N) is 1. The van der Waals surface area contributed by atoms with Crippen molar-refractivity contribution in [1.29, 1.82) is 0 Å². The number of carbonyl (C=O) groups is 1. The molecule has 2 aromatic heterocycles. The third-order valence-electron chi connectivity index (χ3n) is 9.58. The van der Waals surface area contributed by atoms with Crippen LogP contribution >= 0.6 is 0 Å². The van der Waals surface area contributed by atoms with Gasteiger partial charge in [0.15, 0.2) is 0 Å². The number of benzene rings is 2. The first-order chi connectivity index (χ1) is 24.0. The van der Waals surface area contributed by atoms with Crippen molar-refractivity contribution in [2.24, 2.45) is 0 Å². The van der Waals surface area contributed by atoms with Gasteiger partial charge in [-0.1, -0.05) is 6.07 Å². The van der Waals surface area contributed by atoms with Gasteiger partial charge in [-0.05, 0) is 72.9 Å². The zero-order valence-corrected chi connectivity index (χ0v) is 28.2. The molecule has 7 rings (SSSR count). The molecular weight excluding hydrogens is 624 g/mol. The maximum absolute atomic E-state index is 13.4. The summed E-state index contributed by atoms with van der Waals surface area (Å²) in [6.07, 6.45) is 9.10. The van der Waals surface area contributed by atoms with Crippen LogP contribution < -0.4 is 19.7 Å². The molecule has 3 aliphatic heterocycles. The van der Waals surface area contributed by atoms with Gasteiger partial charge < -0.3 is 29.3 Å². The van der Waals surface area contributed by atoms with Crippen molar-refractivity contribution in [1.82, 2.24) is 40.0 Å². The van der Waals surface area contributed by atoms with Crippen LogP contribution in [0.25, 0.3) is 11.1 Å². The Kier molecular flexibility index (Phi) is 10.1. The van der Waals surface area contributed by atoms with Crippen LogP contribution in [0.3, 0.4) is 0 Å². The van der Waals surface area contributed by atoms with Crippen LogP contribution in [0.2, 0.25) is 0 Å². The zero-order valence-electron chi connectivity index (χ0n) is 28.2. The molecule has 0 spiro atoms. The van der Waals surface area contributed by atoms with Crippen molar-refractivity contribution < 1.29 is 19.0 Å². The fourth-order valence-corrected chi connectivity index (χ4v) is 6.92. The molecule has 49 heavy (non-hydrogen) atoms. The minimum Gasteiger partial charge on any atom is -0.494 e. The van der Waals surface area contributed by atoms with Gasteiger partial charge in [-0.3, -0.25) is 9.69 Å². The molecule has 1 atom stereocenters. The maximum atomic E-state index is 13.4. The highest BCUT2D eigenvalue weighted by Crippen LogP contribution is 2.34. The van der Waals surface area contributed by atoms with Crippen LogP contribution in [-0.2, 0) is 11.3 Å². The monoisotopic (exact) mass is 668 g/mol. The van der Waals surface area contributed by atoms with E-state index in [1.807, 2.05) is 36.1 Å². The van der Waals surface area contributed by atoms with E-state index in [-0.39, 0.29) is 12.0 Å². The number of aromatic nitrogens is 6. The van der Waals surface area contributed by atoms with E-state index >= 15 is 0 Å². The number of piperidine rings is 1. The van der Waals surface area contributed by atoms with Gasteiger partial charge in [0.25, 0.3) is 5.91 Å². The first kappa shape index (κ1) is 32.7. The highest BCUT2D eigenvalue weighted by molar-refractivity contribution is 5.97. The summed E-state index contributed by atoms with van der Waals surface area (Å²) < 4.78 is 19.3. The van der Waals surface area contributed by atoms with Gasteiger partial charge in [-0.2, -0.15) is 0 Å². The van der Waals surface area contributed by atoms with Gasteiger partial charge in [-0.15, -0.1) is 5.10 Å². The number of hydrogen-bond donors (Lipinski definition) is 1. The van der Waals surface area contributed by atoms with Gasteiger partial charge in [0.05, 0.1) is 38.1 Å². The fraction of sp³-hybridized carbons (Fsp3) is 0.486. The lowest BCUT2D eigenvalue weighted by Gasteiger charge is -2.40. The largest absolute Gasteiger partial charge is 0.494 e. The minimum atomic E-state index is -0.282. The van der Waals surface area contributed by atoms with E-state index in [4.69, 9.17) is 14.2 Å².